The van der Waals surface area contributed by atoms with Gasteiger partial charge in [0.2, 0.25) is 0 Å². The van der Waals surface area contributed by atoms with Crippen molar-refractivity contribution in [3.63, 3.8) is 0 Å². The van der Waals surface area contributed by atoms with Crippen molar-refractivity contribution in [3.05, 3.63) is 58.1 Å². The largest absolute Gasteiger partial charge is 0.348 e. The number of nitrogens with zero attached hydrogens (tertiary/aromatic N) is 2. The van der Waals surface area contributed by atoms with Gasteiger partial charge in [-0.05, 0) is 56.9 Å². The molecular formula is C22H29ClN2. The van der Waals surface area contributed by atoms with Crippen LogP contribution in [-0.4, -0.2) is 25.1 Å². The minimum atomic E-state index is 0.203. The van der Waals surface area contributed by atoms with Crippen molar-refractivity contribution in [1.29, 1.82) is 0 Å². The summed E-state index contributed by atoms with van der Waals surface area (Å²) in [6.07, 6.45) is 1.25. The lowest BCUT2D eigenvalue weighted by Crippen LogP contribution is -2.41. The predicted octanol–water partition coefficient (Wildman–Crippen LogP) is 5.37. The van der Waals surface area contributed by atoms with Crippen molar-refractivity contribution in [1.82, 2.24) is 0 Å². The zero-order valence-corrected chi connectivity index (χ0v) is 16.8. The average molecular weight is 357 g/mol. The molecule has 1 atom stereocenters. The van der Waals surface area contributed by atoms with Crippen LogP contribution >= 0.6 is 11.6 Å². The van der Waals surface area contributed by atoms with Gasteiger partial charge in [-0.25, -0.2) is 0 Å². The van der Waals surface area contributed by atoms with E-state index in [2.05, 4.69) is 74.8 Å². The Hall–Kier alpha value is -1.67. The van der Waals surface area contributed by atoms with Gasteiger partial charge in [0.05, 0.1) is 5.88 Å². The zero-order chi connectivity index (χ0) is 18.1. The molecule has 1 saturated heterocycles. The van der Waals surface area contributed by atoms with Crippen LogP contribution in [0.3, 0.4) is 0 Å². The summed E-state index contributed by atoms with van der Waals surface area (Å²) in [5, 5.41) is 0. The predicted molar refractivity (Wildman–Crippen MR) is 110 cm³/mol. The molecule has 0 amide bonds. The van der Waals surface area contributed by atoms with E-state index in [0.717, 1.165) is 19.5 Å². The molecule has 0 spiro atoms. The molecule has 0 bridgehead atoms. The molecule has 3 heteroatoms. The molecule has 2 aromatic carbocycles. The molecule has 3 rings (SSSR count). The first-order valence-corrected chi connectivity index (χ1v) is 9.76. The molecule has 0 saturated carbocycles. The van der Waals surface area contributed by atoms with Crippen molar-refractivity contribution in [2.45, 2.75) is 47.2 Å². The molecule has 2 nitrogen and oxygen atoms in total. The van der Waals surface area contributed by atoms with Crippen LogP contribution in [0.15, 0.2) is 30.3 Å². The molecule has 1 heterocycles. The summed E-state index contributed by atoms with van der Waals surface area (Å²) >= 11 is 6.48. The molecule has 134 valence electrons. The summed E-state index contributed by atoms with van der Waals surface area (Å²) in [7, 11) is 0. The lowest BCUT2D eigenvalue weighted by molar-refractivity contribution is 0.732. The molecule has 1 fully saturated rings. The Morgan fingerprint density at radius 2 is 1.56 bits per heavy atom. The van der Waals surface area contributed by atoms with Crippen molar-refractivity contribution in [3.8, 4) is 0 Å². The van der Waals surface area contributed by atoms with Gasteiger partial charge < -0.3 is 9.80 Å². The van der Waals surface area contributed by atoms with Crippen molar-refractivity contribution >= 4 is 23.0 Å². The number of alkyl halides is 1. The number of hydrogen-bond donors (Lipinski definition) is 0. The minimum Gasteiger partial charge on any atom is -0.348 e. The van der Waals surface area contributed by atoms with Gasteiger partial charge in [0.15, 0.2) is 0 Å². The molecular weight excluding hydrogens is 328 g/mol. The molecule has 1 aliphatic rings. The van der Waals surface area contributed by atoms with Gasteiger partial charge >= 0.3 is 0 Å². The van der Waals surface area contributed by atoms with Crippen LogP contribution in [-0.2, 0) is 6.42 Å². The second-order valence-electron chi connectivity index (χ2n) is 7.25. The second kappa shape index (κ2) is 7.29. The van der Waals surface area contributed by atoms with E-state index in [0.29, 0.717) is 5.88 Å². The number of anilines is 2. The van der Waals surface area contributed by atoms with Crippen molar-refractivity contribution in [2.75, 3.05) is 28.8 Å². The molecule has 0 aliphatic carbocycles. The zero-order valence-electron chi connectivity index (χ0n) is 16.1. The SMILES string of the molecule is CCc1cc(C)ccc1N1CCN(c2c(C)cc(C)cc2C)C1CCl. The lowest BCUT2D eigenvalue weighted by atomic mass is 10.0. The van der Waals surface area contributed by atoms with E-state index in [1.807, 2.05) is 0 Å². The first kappa shape index (κ1) is 18.1. The highest BCUT2D eigenvalue weighted by molar-refractivity contribution is 6.18. The number of halogens is 1. The summed E-state index contributed by atoms with van der Waals surface area (Å²) < 4.78 is 0. The Kier molecular flexibility index (Phi) is 5.29. The van der Waals surface area contributed by atoms with Gasteiger partial charge in [0.1, 0.15) is 6.17 Å². The molecule has 2 aromatic rings. The quantitative estimate of drug-likeness (QED) is 0.679. The molecule has 1 unspecified atom stereocenters. The monoisotopic (exact) mass is 356 g/mol. The highest BCUT2D eigenvalue weighted by atomic mass is 35.5. The fraction of sp³-hybridized carbons (Fsp3) is 0.455. The van der Waals surface area contributed by atoms with Crippen LogP contribution in [0.25, 0.3) is 0 Å². The highest BCUT2D eigenvalue weighted by Crippen LogP contribution is 2.35. The van der Waals surface area contributed by atoms with Gasteiger partial charge in [0.25, 0.3) is 0 Å². The summed E-state index contributed by atoms with van der Waals surface area (Å²) in [5.74, 6) is 0.601. The average Bonchev–Trinajstić information content (AvgIpc) is 2.97. The van der Waals surface area contributed by atoms with Crippen LogP contribution in [0.5, 0.6) is 0 Å². The molecule has 25 heavy (non-hydrogen) atoms. The summed E-state index contributed by atoms with van der Waals surface area (Å²) in [4.78, 5) is 4.99. The van der Waals surface area contributed by atoms with E-state index >= 15 is 0 Å². The van der Waals surface area contributed by atoms with E-state index in [1.54, 1.807) is 0 Å². The Balaban J connectivity index is 2.00. The van der Waals surface area contributed by atoms with Gasteiger partial charge in [-0.2, -0.15) is 0 Å². The first-order chi connectivity index (χ1) is 12.0. The van der Waals surface area contributed by atoms with Crippen LogP contribution in [0.4, 0.5) is 11.4 Å². The van der Waals surface area contributed by atoms with E-state index in [1.165, 1.54) is 39.2 Å². The van der Waals surface area contributed by atoms with Crippen LogP contribution in [0.1, 0.15) is 34.7 Å². The maximum absolute atomic E-state index is 6.48. The van der Waals surface area contributed by atoms with Gasteiger partial charge in [-0.1, -0.05) is 42.3 Å². The summed E-state index contributed by atoms with van der Waals surface area (Å²) in [6.45, 7) is 13.0. The number of benzene rings is 2. The standard InChI is InChI=1S/C22H29ClN2/c1-6-19-13-15(2)7-8-20(19)24-9-10-25(21(24)14-23)22-17(4)11-16(3)12-18(22)5/h7-8,11-13,21H,6,9-10,14H2,1-5H3. The molecule has 1 aliphatic heterocycles. The van der Waals surface area contributed by atoms with Crippen LogP contribution in [0, 0.1) is 27.7 Å². The maximum atomic E-state index is 6.48. The fourth-order valence-corrected chi connectivity index (χ4v) is 4.63. The third-order valence-electron chi connectivity index (χ3n) is 5.29. The topological polar surface area (TPSA) is 6.48 Å². The van der Waals surface area contributed by atoms with Gasteiger partial charge in [-0.15, -0.1) is 11.6 Å². The molecule has 0 aromatic heterocycles. The van der Waals surface area contributed by atoms with E-state index in [9.17, 15) is 0 Å². The normalized spacial score (nSPS) is 17.4. The minimum absolute atomic E-state index is 0.203. The maximum Gasteiger partial charge on any atom is 0.115 e. The first-order valence-electron chi connectivity index (χ1n) is 9.22. The lowest BCUT2D eigenvalue weighted by Gasteiger charge is -2.34. The number of hydrogen-bond acceptors (Lipinski definition) is 2. The third-order valence-corrected chi connectivity index (χ3v) is 5.56. The Morgan fingerprint density at radius 1 is 0.920 bits per heavy atom. The fourth-order valence-electron chi connectivity index (χ4n) is 4.29. The number of rotatable bonds is 4. The third kappa shape index (κ3) is 3.37. The van der Waals surface area contributed by atoms with E-state index in [-0.39, 0.29) is 6.17 Å². The van der Waals surface area contributed by atoms with Crippen molar-refractivity contribution < 1.29 is 0 Å². The van der Waals surface area contributed by atoms with Crippen molar-refractivity contribution in [2.24, 2.45) is 0 Å². The van der Waals surface area contributed by atoms with E-state index < -0.39 is 0 Å². The molecule has 0 N–H and O–H groups in total. The summed E-state index contributed by atoms with van der Waals surface area (Å²) in [5.41, 5.74) is 9.43. The smallest absolute Gasteiger partial charge is 0.115 e. The van der Waals surface area contributed by atoms with Crippen LogP contribution < -0.4 is 9.80 Å². The Labute approximate surface area is 157 Å². The Bertz CT molecular complexity index is 746. The van der Waals surface area contributed by atoms with Gasteiger partial charge in [0, 0.05) is 24.5 Å². The number of aryl methyl sites for hydroxylation is 5. The van der Waals surface area contributed by atoms with E-state index in [4.69, 9.17) is 11.6 Å². The molecule has 0 radical (unpaired) electrons. The Morgan fingerprint density at radius 3 is 2.16 bits per heavy atom. The van der Waals surface area contributed by atoms with Crippen LogP contribution in [0.2, 0.25) is 0 Å². The van der Waals surface area contributed by atoms with Gasteiger partial charge in [-0.3, -0.25) is 0 Å². The highest BCUT2D eigenvalue weighted by Gasteiger charge is 2.33. The second-order valence-corrected chi connectivity index (χ2v) is 7.56. The summed E-state index contributed by atoms with van der Waals surface area (Å²) in [6, 6.07) is 11.3.